The number of aromatic nitrogens is 4. The van der Waals surface area contributed by atoms with Gasteiger partial charge in [0.25, 0.3) is 6.33 Å². The van der Waals surface area contributed by atoms with E-state index < -0.39 is 0 Å². The molecule has 72 heavy (non-hydrogen) atoms. The van der Waals surface area contributed by atoms with Crippen LogP contribution in [0, 0.1) is 18.5 Å². The van der Waals surface area contributed by atoms with Crippen LogP contribution in [0.4, 0.5) is 0 Å². The second-order valence-electron chi connectivity index (χ2n) is 24.7. The smallest absolute Gasteiger partial charge is 0.267 e. The van der Waals surface area contributed by atoms with Gasteiger partial charge in [0.15, 0.2) is 0 Å². The molecule has 0 radical (unpaired) electrons. The minimum atomic E-state index is -0.266. The van der Waals surface area contributed by atoms with Gasteiger partial charge in [-0.15, -0.1) is 29.8 Å². The van der Waals surface area contributed by atoms with Gasteiger partial charge >= 0.3 is 0 Å². The van der Waals surface area contributed by atoms with Gasteiger partial charge in [0, 0.05) is 55.1 Å². The Bertz CT molecular complexity index is 3420. The van der Waals surface area contributed by atoms with Gasteiger partial charge in [-0.2, -0.15) is 12.1 Å². The fourth-order valence-corrected chi connectivity index (χ4v) is 10.3. The van der Waals surface area contributed by atoms with Gasteiger partial charge in [0.1, 0.15) is 5.82 Å². The minimum Gasteiger partial charge on any atom is -0.510 e. The maximum Gasteiger partial charge on any atom is 0.267 e. The average molecular weight is 1130 g/mol. The van der Waals surface area contributed by atoms with Crippen LogP contribution in [0.25, 0.3) is 39.0 Å². The summed E-state index contributed by atoms with van der Waals surface area (Å²) in [6, 6.07) is 57.6. The van der Waals surface area contributed by atoms with Crippen LogP contribution in [0.2, 0.25) is 0 Å². The third kappa shape index (κ3) is 9.79. The summed E-state index contributed by atoms with van der Waals surface area (Å²) in [5.74, 6) is 2.05. The Labute approximate surface area is 444 Å². The number of imidazole rings is 1. The second kappa shape index (κ2) is 18.8. The molecule has 0 N–H and O–H groups in total. The van der Waals surface area contributed by atoms with Crippen molar-refractivity contribution in [1.29, 1.82) is 0 Å². The van der Waals surface area contributed by atoms with Crippen LogP contribution in [0.3, 0.4) is 0 Å². The van der Waals surface area contributed by atoms with Crippen molar-refractivity contribution >= 4 is 21.8 Å². The molecule has 0 spiro atoms. The van der Waals surface area contributed by atoms with E-state index >= 15 is 0 Å². The molecule has 0 unspecified atom stereocenters. The molecule has 6 aromatic carbocycles. The van der Waals surface area contributed by atoms with Gasteiger partial charge in [0.05, 0.1) is 17.1 Å². The SMILES string of the molecule is CC(C)(C)c1cc(-[n+]2[c-]n(-c3[c-]c(Oc4[c-]c5c(c(C(C)(C)C)c4)c4ccccc4n5-c4cc(C(C)(C)c5ccccc5)ccn4)ccc3)c(C(C)(C)C)c2C(C)(C)C)cc(C(C)(C)c2ccccc2)c1.[Pt]. The van der Waals surface area contributed by atoms with Crippen molar-refractivity contribution in [3.05, 3.63) is 209 Å². The second-order valence-corrected chi connectivity index (χ2v) is 24.7. The first-order valence-electron chi connectivity index (χ1n) is 25.3. The van der Waals surface area contributed by atoms with Crippen molar-refractivity contribution in [2.75, 3.05) is 0 Å². The Balaban J connectivity index is 0.00000693. The predicted molar refractivity (Wildman–Crippen MR) is 294 cm³/mol. The Kier molecular flexibility index (Phi) is 13.6. The van der Waals surface area contributed by atoms with E-state index in [4.69, 9.17) is 9.72 Å². The molecule has 9 rings (SSSR count). The number of hydrogen-bond acceptors (Lipinski definition) is 2. The molecule has 9 aromatic rings. The van der Waals surface area contributed by atoms with E-state index in [9.17, 15) is 0 Å². The van der Waals surface area contributed by atoms with Crippen molar-refractivity contribution in [3.63, 3.8) is 0 Å². The van der Waals surface area contributed by atoms with E-state index in [-0.39, 0.29) is 53.6 Å². The number of nitrogens with zero attached hydrogens (tertiary/aromatic N) is 4. The summed E-state index contributed by atoms with van der Waals surface area (Å²) in [5.41, 5.74) is 12.4. The molecule has 0 saturated carbocycles. The van der Waals surface area contributed by atoms with Crippen molar-refractivity contribution in [2.24, 2.45) is 0 Å². The fourth-order valence-electron chi connectivity index (χ4n) is 10.3. The molecular formula is C66H72N4OPt-2. The van der Waals surface area contributed by atoms with Crippen molar-refractivity contribution in [2.45, 2.75) is 143 Å². The first-order valence-corrected chi connectivity index (χ1v) is 25.3. The molecule has 0 fully saturated rings. The molecule has 0 atom stereocenters. The van der Waals surface area contributed by atoms with E-state index in [1.165, 1.54) is 44.8 Å². The zero-order valence-corrected chi connectivity index (χ0v) is 47.6. The molecule has 374 valence electrons. The molecule has 0 aliphatic rings. The monoisotopic (exact) mass is 1130 g/mol. The molecule has 6 heteroatoms. The number of benzene rings is 6. The third-order valence-electron chi connectivity index (χ3n) is 14.4. The van der Waals surface area contributed by atoms with E-state index in [2.05, 4.69) is 276 Å². The predicted octanol–water partition coefficient (Wildman–Crippen LogP) is 16.3. The largest absolute Gasteiger partial charge is 0.510 e. The summed E-state index contributed by atoms with van der Waals surface area (Å²) in [6.07, 6.45) is 5.87. The van der Waals surface area contributed by atoms with Crippen molar-refractivity contribution < 1.29 is 30.4 Å². The Hall–Kier alpha value is -6.03. The molecule has 0 aliphatic heterocycles. The summed E-state index contributed by atoms with van der Waals surface area (Å²) in [5, 5.41) is 2.30. The Morgan fingerprint density at radius 3 is 1.69 bits per heavy atom. The summed E-state index contributed by atoms with van der Waals surface area (Å²) in [7, 11) is 0. The number of hydrogen-bond donors (Lipinski definition) is 0. The van der Waals surface area contributed by atoms with Crippen LogP contribution in [-0.2, 0) is 53.6 Å². The maximum atomic E-state index is 6.99. The molecule has 3 aromatic heterocycles. The van der Waals surface area contributed by atoms with E-state index in [0.29, 0.717) is 11.5 Å². The molecule has 0 aliphatic carbocycles. The Morgan fingerprint density at radius 2 is 1.10 bits per heavy atom. The first-order chi connectivity index (χ1) is 33.2. The minimum absolute atomic E-state index is 0. The molecule has 0 bridgehead atoms. The maximum absolute atomic E-state index is 6.99. The average Bonchev–Trinajstić information content (AvgIpc) is 3.90. The topological polar surface area (TPSA) is 35.9 Å². The first kappa shape index (κ1) is 52.3. The number of ether oxygens (including phenoxy) is 1. The zero-order valence-electron chi connectivity index (χ0n) is 45.4. The molecular weight excluding hydrogens is 1060 g/mol. The van der Waals surface area contributed by atoms with E-state index in [1.54, 1.807) is 0 Å². The summed E-state index contributed by atoms with van der Waals surface area (Å²) < 4.78 is 13.8. The summed E-state index contributed by atoms with van der Waals surface area (Å²) in [4.78, 5) is 5.05. The van der Waals surface area contributed by atoms with Crippen LogP contribution in [0.1, 0.15) is 156 Å². The van der Waals surface area contributed by atoms with Crippen molar-refractivity contribution in [1.82, 2.24) is 14.1 Å². The standard InChI is InChI=1S/C66H72N4O.Pt/c1-61(2,3)47-36-48(66(15,16)45-28-21-18-22-29-45)38-50(37-47)69-43-68(59(63(7,8)9)60(69)64(10,11)12)49-30-25-31-51(40-49)71-52-41-54(62(4,5)6)58-53-32-23-24-33-55(53)70(56(58)42-52)57-39-46(34-35-67-57)65(13,14)44-26-19-17-20-27-44;/h17-39,41H,1-16H3;/q-2;. The number of pyridine rings is 1. The van der Waals surface area contributed by atoms with Crippen LogP contribution in [0.5, 0.6) is 11.5 Å². The number of fused-ring (bicyclic) bond motifs is 3. The molecule has 0 saturated heterocycles. The quantitative estimate of drug-likeness (QED) is 0.107. The van der Waals surface area contributed by atoms with Crippen LogP contribution < -0.4 is 9.30 Å². The van der Waals surface area contributed by atoms with Gasteiger partial charge in [-0.1, -0.05) is 207 Å². The van der Waals surface area contributed by atoms with Gasteiger partial charge in [-0.05, 0) is 90.9 Å². The van der Waals surface area contributed by atoms with Crippen LogP contribution in [0.15, 0.2) is 146 Å². The van der Waals surface area contributed by atoms with E-state index in [0.717, 1.165) is 39.0 Å². The zero-order chi connectivity index (χ0) is 51.1. The van der Waals surface area contributed by atoms with Gasteiger partial charge in [0.2, 0.25) is 0 Å². The van der Waals surface area contributed by atoms with Gasteiger partial charge < -0.3 is 13.9 Å². The summed E-state index contributed by atoms with van der Waals surface area (Å²) >= 11 is 0. The summed E-state index contributed by atoms with van der Waals surface area (Å²) in [6.45, 7) is 36.8. The van der Waals surface area contributed by atoms with Crippen LogP contribution >= 0.6 is 0 Å². The molecule has 0 amide bonds. The van der Waals surface area contributed by atoms with Crippen molar-refractivity contribution in [3.8, 4) is 28.7 Å². The van der Waals surface area contributed by atoms with Crippen LogP contribution in [-0.4, -0.2) is 14.1 Å². The third-order valence-corrected chi connectivity index (χ3v) is 14.4. The normalized spacial score (nSPS) is 12.9. The molecule has 5 nitrogen and oxygen atoms in total. The Morgan fingerprint density at radius 1 is 0.500 bits per heavy atom. The number of para-hydroxylation sites is 1. The van der Waals surface area contributed by atoms with Gasteiger partial charge in [-0.3, -0.25) is 4.57 Å². The number of rotatable bonds is 9. The van der Waals surface area contributed by atoms with E-state index in [1.807, 2.05) is 12.3 Å². The fraction of sp³-hybridized carbons (Fsp3) is 0.333. The van der Waals surface area contributed by atoms with Gasteiger partial charge in [-0.25, -0.2) is 4.98 Å². The molecule has 3 heterocycles.